The Morgan fingerprint density at radius 3 is 2.36 bits per heavy atom. The molecule has 0 spiro atoms. The van der Waals surface area contributed by atoms with Crippen LogP contribution in [0.1, 0.15) is 17.8 Å². The second kappa shape index (κ2) is 8.49. The molecule has 0 atom stereocenters. The van der Waals surface area contributed by atoms with Crippen molar-refractivity contribution >= 4 is 22.6 Å². The number of carbonyl (C=O) groups excluding carboxylic acids is 1. The van der Waals surface area contributed by atoms with Crippen LogP contribution in [0.5, 0.6) is 0 Å². The van der Waals surface area contributed by atoms with Crippen molar-refractivity contribution in [2.24, 2.45) is 0 Å². The van der Waals surface area contributed by atoms with E-state index < -0.39 is 29.0 Å². The maximum Gasteiger partial charge on any atom is 0.416 e. The summed E-state index contributed by atoms with van der Waals surface area (Å²) in [6.45, 7) is 1.62. The fourth-order valence-electron chi connectivity index (χ4n) is 3.32. The standard InChI is InChI=1S/C22H17F4N5O2/c1-13-28-20-18(12-27-31(20)17-8-4-15(23)5-9-17)21(33)30(13)11-10-19(32)29-16-6-2-14(3-7-16)22(24,25)26/h2-9,12H,10-11H2,1H3,(H,29,32). The van der Waals surface area contributed by atoms with E-state index in [0.29, 0.717) is 17.2 Å². The lowest BCUT2D eigenvalue weighted by Crippen LogP contribution is -2.26. The monoisotopic (exact) mass is 459 g/mol. The summed E-state index contributed by atoms with van der Waals surface area (Å²) in [4.78, 5) is 29.6. The molecular formula is C22H17F4N5O2. The van der Waals surface area contributed by atoms with E-state index in [0.717, 1.165) is 24.3 Å². The number of carbonyl (C=O) groups is 1. The quantitative estimate of drug-likeness (QED) is 0.456. The Morgan fingerprint density at radius 1 is 1.06 bits per heavy atom. The fourth-order valence-corrected chi connectivity index (χ4v) is 3.32. The van der Waals surface area contributed by atoms with E-state index >= 15 is 0 Å². The van der Waals surface area contributed by atoms with Crippen LogP contribution in [0.4, 0.5) is 23.2 Å². The highest BCUT2D eigenvalue weighted by Crippen LogP contribution is 2.29. The molecule has 11 heteroatoms. The molecule has 170 valence electrons. The number of hydrogen-bond donors (Lipinski definition) is 1. The molecule has 7 nitrogen and oxygen atoms in total. The van der Waals surface area contributed by atoms with Crippen molar-refractivity contribution in [2.45, 2.75) is 26.1 Å². The van der Waals surface area contributed by atoms with Gasteiger partial charge in [-0.1, -0.05) is 0 Å². The molecule has 0 unspecified atom stereocenters. The van der Waals surface area contributed by atoms with Crippen LogP contribution >= 0.6 is 0 Å². The van der Waals surface area contributed by atoms with Gasteiger partial charge in [0.25, 0.3) is 5.56 Å². The molecule has 2 heterocycles. The van der Waals surface area contributed by atoms with Crippen LogP contribution in [-0.4, -0.2) is 25.2 Å². The van der Waals surface area contributed by atoms with E-state index in [1.165, 1.54) is 39.7 Å². The SMILES string of the molecule is Cc1nc2c(cnn2-c2ccc(F)cc2)c(=O)n1CCC(=O)Nc1ccc(C(F)(F)F)cc1. The predicted molar refractivity (Wildman–Crippen MR) is 113 cm³/mol. The number of hydrogen-bond acceptors (Lipinski definition) is 4. The van der Waals surface area contributed by atoms with Crippen molar-refractivity contribution in [3.05, 3.63) is 82.3 Å². The van der Waals surface area contributed by atoms with Gasteiger partial charge in [-0.05, 0) is 55.5 Å². The Morgan fingerprint density at radius 2 is 1.73 bits per heavy atom. The maximum atomic E-state index is 13.2. The topological polar surface area (TPSA) is 81.8 Å². The number of aryl methyl sites for hydroxylation is 1. The van der Waals surface area contributed by atoms with Gasteiger partial charge in [-0.2, -0.15) is 18.3 Å². The third kappa shape index (κ3) is 4.61. The van der Waals surface area contributed by atoms with Crippen LogP contribution in [0.25, 0.3) is 16.7 Å². The van der Waals surface area contributed by atoms with E-state index in [1.807, 2.05) is 0 Å². The normalized spacial score (nSPS) is 11.7. The molecule has 0 radical (unpaired) electrons. The zero-order valence-corrected chi connectivity index (χ0v) is 17.2. The van der Waals surface area contributed by atoms with Crippen molar-refractivity contribution in [2.75, 3.05) is 5.32 Å². The van der Waals surface area contributed by atoms with Crippen molar-refractivity contribution in [1.82, 2.24) is 19.3 Å². The third-order valence-corrected chi connectivity index (χ3v) is 5.01. The second-order valence-electron chi connectivity index (χ2n) is 7.26. The van der Waals surface area contributed by atoms with Crippen molar-refractivity contribution in [3.8, 4) is 5.69 Å². The van der Waals surface area contributed by atoms with Gasteiger partial charge in [-0.25, -0.2) is 14.1 Å². The van der Waals surface area contributed by atoms with Gasteiger partial charge in [-0.15, -0.1) is 0 Å². The Hall–Kier alpha value is -4.02. The highest BCUT2D eigenvalue weighted by atomic mass is 19.4. The molecule has 4 aromatic rings. The molecule has 2 aromatic heterocycles. The van der Waals surface area contributed by atoms with E-state index in [2.05, 4.69) is 15.4 Å². The number of anilines is 1. The lowest BCUT2D eigenvalue weighted by atomic mass is 10.2. The zero-order valence-electron chi connectivity index (χ0n) is 17.2. The van der Waals surface area contributed by atoms with Crippen LogP contribution in [0.15, 0.2) is 59.5 Å². The summed E-state index contributed by atoms with van der Waals surface area (Å²) in [5, 5.41) is 6.91. The summed E-state index contributed by atoms with van der Waals surface area (Å²) >= 11 is 0. The average molecular weight is 459 g/mol. The molecule has 0 aliphatic heterocycles. The van der Waals surface area contributed by atoms with Crippen molar-refractivity contribution in [1.29, 1.82) is 0 Å². The molecule has 0 aliphatic carbocycles. The van der Waals surface area contributed by atoms with Crippen LogP contribution in [-0.2, 0) is 17.5 Å². The summed E-state index contributed by atoms with van der Waals surface area (Å²) in [6, 6.07) is 9.64. The number of rotatable bonds is 5. The zero-order chi connectivity index (χ0) is 23.8. The first-order valence-corrected chi connectivity index (χ1v) is 9.82. The van der Waals surface area contributed by atoms with E-state index in [-0.39, 0.29) is 24.0 Å². The number of benzene rings is 2. The molecule has 0 fully saturated rings. The largest absolute Gasteiger partial charge is 0.416 e. The fraction of sp³-hybridized carbons (Fsp3) is 0.182. The average Bonchev–Trinajstić information content (AvgIpc) is 3.18. The summed E-state index contributed by atoms with van der Waals surface area (Å²) < 4.78 is 53.9. The second-order valence-corrected chi connectivity index (χ2v) is 7.26. The van der Waals surface area contributed by atoms with Crippen molar-refractivity contribution in [3.63, 3.8) is 0 Å². The molecule has 0 saturated heterocycles. The summed E-state index contributed by atoms with van der Waals surface area (Å²) in [5.41, 5.74) is -0.163. The van der Waals surface area contributed by atoms with Gasteiger partial charge in [0, 0.05) is 18.7 Å². The van der Waals surface area contributed by atoms with Gasteiger partial charge < -0.3 is 5.32 Å². The van der Waals surface area contributed by atoms with Crippen LogP contribution in [0.2, 0.25) is 0 Å². The first-order chi connectivity index (χ1) is 15.6. The summed E-state index contributed by atoms with van der Waals surface area (Å²) in [6.07, 6.45) is -3.20. The lowest BCUT2D eigenvalue weighted by molar-refractivity contribution is -0.137. The highest BCUT2D eigenvalue weighted by Gasteiger charge is 2.30. The van der Waals surface area contributed by atoms with Gasteiger partial charge in [0.15, 0.2) is 5.65 Å². The van der Waals surface area contributed by atoms with Gasteiger partial charge in [0.2, 0.25) is 5.91 Å². The van der Waals surface area contributed by atoms with E-state index in [4.69, 9.17) is 0 Å². The smallest absolute Gasteiger partial charge is 0.326 e. The number of nitrogens with zero attached hydrogens (tertiary/aromatic N) is 4. The van der Waals surface area contributed by atoms with Gasteiger partial charge in [-0.3, -0.25) is 14.2 Å². The molecule has 33 heavy (non-hydrogen) atoms. The number of fused-ring (bicyclic) bond motifs is 1. The Kier molecular flexibility index (Phi) is 5.71. The van der Waals surface area contributed by atoms with Crippen molar-refractivity contribution < 1.29 is 22.4 Å². The first-order valence-electron chi connectivity index (χ1n) is 9.82. The Labute approximate surface area is 184 Å². The summed E-state index contributed by atoms with van der Waals surface area (Å²) in [7, 11) is 0. The Balaban J connectivity index is 1.50. The molecule has 0 saturated carbocycles. The maximum absolute atomic E-state index is 13.2. The molecule has 0 aliphatic rings. The molecule has 2 aromatic carbocycles. The van der Waals surface area contributed by atoms with E-state index in [9.17, 15) is 27.2 Å². The highest BCUT2D eigenvalue weighted by molar-refractivity contribution is 5.90. The number of nitrogens with one attached hydrogen (secondary N) is 1. The minimum absolute atomic E-state index is 0.0157. The van der Waals surface area contributed by atoms with Gasteiger partial charge >= 0.3 is 6.18 Å². The molecule has 0 bridgehead atoms. The van der Waals surface area contributed by atoms with Gasteiger partial charge in [0.05, 0.1) is 17.4 Å². The number of aromatic nitrogens is 4. The van der Waals surface area contributed by atoms with Gasteiger partial charge in [0.1, 0.15) is 17.0 Å². The minimum atomic E-state index is -4.46. The first kappa shape index (κ1) is 22.2. The lowest BCUT2D eigenvalue weighted by Gasteiger charge is -2.11. The third-order valence-electron chi connectivity index (χ3n) is 5.01. The number of alkyl halides is 3. The molecular weight excluding hydrogens is 442 g/mol. The number of amides is 1. The minimum Gasteiger partial charge on any atom is -0.326 e. The van der Waals surface area contributed by atoms with E-state index in [1.54, 1.807) is 6.92 Å². The Bertz CT molecular complexity index is 1370. The summed E-state index contributed by atoms with van der Waals surface area (Å²) in [5.74, 6) is -0.530. The van der Waals surface area contributed by atoms with Crippen LogP contribution in [0.3, 0.4) is 0 Å². The van der Waals surface area contributed by atoms with Crippen LogP contribution in [0, 0.1) is 12.7 Å². The molecule has 1 amide bonds. The number of halogens is 4. The molecule has 1 N–H and O–H groups in total. The predicted octanol–water partition coefficient (Wildman–Crippen LogP) is 4.08. The van der Waals surface area contributed by atoms with Crippen LogP contribution < -0.4 is 10.9 Å². The molecule has 4 rings (SSSR count).